The second kappa shape index (κ2) is 7.50. The van der Waals surface area contributed by atoms with Crippen LogP contribution in [0.5, 0.6) is 0 Å². The summed E-state index contributed by atoms with van der Waals surface area (Å²) >= 11 is 1.26. The molecule has 2 aromatic heterocycles. The first kappa shape index (κ1) is 20.0. The van der Waals surface area contributed by atoms with Crippen LogP contribution in [0.15, 0.2) is 54.1 Å². The monoisotopic (exact) mass is 419 g/mol. The minimum absolute atomic E-state index is 0.0684. The number of carbonyl (C=O) groups excluding carboxylic acids is 2. The van der Waals surface area contributed by atoms with Crippen LogP contribution >= 0.6 is 11.3 Å². The van der Waals surface area contributed by atoms with Crippen LogP contribution < -0.4 is 4.90 Å². The molecule has 0 radical (unpaired) electrons. The summed E-state index contributed by atoms with van der Waals surface area (Å²) in [4.78, 5) is 37.1. The van der Waals surface area contributed by atoms with Crippen LogP contribution in [-0.2, 0) is 4.79 Å². The predicted molar refractivity (Wildman–Crippen MR) is 116 cm³/mol. The van der Waals surface area contributed by atoms with Gasteiger partial charge in [0.05, 0.1) is 27.2 Å². The molecule has 1 N–H and O–H groups in total. The highest BCUT2D eigenvalue weighted by Crippen LogP contribution is 2.43. The van der Waals surface area contributed by atoms with Crippen molar-refractivity contribution in [1.29, 1.82) is 0 Å². The lowest BCUT2D eigenvalue weighted by Crippen LogP contribution is -2.31. The number of aryl methyl sites for hydroxylation is 3. The normalized spacial score (nSPS) is 16.5. The van der Waals surface area contributed by atoms with Crippen molar-refractivity contribution in [3.8, 4) is 0 Å². The molecule has 0 saturated carbocycles. The highest BCUT2D eigenvalue weighted by molar-refractivity contribution is 7.14. The maximum absolute atomic E-state index is 13.5. The van der Waals surface area contributed by atoms with Crippen LogP contribution in [0, 0.1) is 27.7 Å². The van der Waals surface area contributed by atoms with Gasteiger partial charge in [0.2, 0.25) is 5.78 Å². The van der Waals surface area contributed by atoms with Gasteiger partial charge in [-0.2, -0.15) is 0 Å². The van der Waals surface area contributed by atoms with E-state index in [2.05, 4.69) is 9.97 Å². The fourth-order valence-electron chi connectivity index (χ4n) is 3.81. The third kappa shape index (κ3) is 3.11. The summed E-state index contributed by atoms with van der Waals surface area (Å²) in [6, 6.07) is 8.41. The molecule has 6 nitrogen and oxygen atoms in total. The molecule has 30 heavy (non-hydrogen) atoms. The summed E-state index contributed by atoms with van der Waals surface area (Å²) in [7, 11) is 0. The van der Waals surface area contributed by atoms with Gasteiger partial charge < -0.3 is 5.11 Å². The Morgan fingerprint density at radius 2 is 1.80 bits per heavy atom. The summed E-state index contributed by atoms with van der Waals surface area (Å²) in [5, 5.41) is 11.6. The van der Waals surface area contributed by atoms with Gasteiger partial charge in [0.25, 0.3) is 5.91 Å². The Balaban J connectivity index is 1.92. The minimum Gasteiger partial charge on any atom is -0.503 e. The quantitative estimate of drug-likeness (QED) is 0.627. The largest absolute Gasteiger partial charge is 0.503 e. The topological polar surface area (TPSA) is 83.4 Å². The second-order valence-electron chi connectivity index (χ2n) is 7.32. The zero-order valence-corrected chi connectivity index (χ0v) is 17.9. The molecule has 0 aliphatic carbocycles. The molecular formula is C23H21N3O3S. The average molecular weight is 420 g/mol. The highest BCUT2D eigenvalue weighted by Gasteiger charge is 2.45. The van der Waals surface area contributed by atoms with E-state index in [0.717, 1.165) is 16.1 Å². The van der Waals surface area contributed by atoms with Gasteiger partial charge in [-0.3, -0.25) is 19.5 Å². The summed E-state index contributed by atoms with van der Waals surface area (Å²) in [6.07, 6.45) is 3.22. The first-order valence-electron chi connectivity index (χ1n) is 9.52. The van der Waals surface area contributed by atoms with E-state index >= 15 is 0 Å². The van der Waals surface area contributed by atoms with E-state index in [4.69, 9.17) is 0 Å². The number of hydrogen-bond acceptors (Lipinski definition) is 6. The lowest BCUT2D eigenvalue weighted by molar-refractivity contribution is -0.117. The number of aliphatic hydroxyl groups excluding tert-OH is 1. The van der Waals surface area contributed by atoms with Gasteiger partial charge in [-0.05, 0) is 62.6 Å². The van der Waals surface area contributed by atoms with Gasteiger partial charge in [-0.25, -0.2) is 4.98 Å². The number of benzene rings is 1. The number of aromatic nitrogens is 2. The summed E-state index contributed by atoms with van der Waals surface area (Å²) in [6.45, 7) is 7.47. The van der Waals surface area contributed by atoms with Gasteiger partial charge in [0.1, 0.15) is 0 Å². The Morgan fingerprint density at radius 1 is 1.10 bits per heavy atom. The van der Waals surface area contributed by atoms with Crippen molar-refractivity contribution in [3.63, 3.8) is 0 Å². The fraction of sp³-hybridized carbons (Fsp3) is 0.217. The van der Waals surface area contributed by atoms with Crippen molar-refractivity contribution < 1.29 is 14.7 Å². The number of anilines is 1. The molecule has 0 saturated heterocycles. The second-order valence-corrected chi connectivity index (χ2v) is 8.52. The van der Waals surface area contributed by atoms with E-state index in [0.29, 0.717) is 21.8 Å². The van der Waals surface area contributed by atoms with Gasteiger partial charge in [-0.1, -0.05) is 12.1 Å². The maximum Gasteiger partial charge on any atom is 0.294 e. The molecule has 0 bridgehead atoms. The van der Waals surface area contributed by atoms with Crippen LogP contribution in [0.1, 0.15) is 43.1 Å². The molecule has 3 heterocycles. The van der Waals surface area contributed by atoms with E-state index in [-0.39, 0.29) is 11.4 Å². The lowest BCUT2D eigenvalue weighted by atomic mass is 9.95. The summed E-state index contributed by atoms with van der Waals surface area (Å²) in [5.74, 6) is -1.49. The molecule has 1 amide bonds. The van der Waals surface area contributed by atoms with Crippen LogP contribution in [-0.4, -0.2) is 26.8 Å². The molecule has 152 valence electrons. The Labute approximate surface area is 178 Å². The fourth-order valence-corrected chi connectivity index (χ4v) is 4.68. The molecule has 1 aliphatic rings. The van der Waals surface area contributed by atoms with E-state index in [1.165, 1.54) is 16.2 Å². The lowest BCUT2D eigenvalue weighted by Gasteiger charge is -2.28. The van der Waals surface area contributed by atoms with Crippen molar-refractivity contribution in [3.05, 3.63) is 86.3 Å². The van der Waals surface area contributed by atoms with Crippen molar-refractivity contribution in [2.24, 2.45) is 0 Å². The van der Waals surface area contributed by atoms with E-state index in [1.807, 2.05) is 39.0 Å². The molecule has 0 fully saturated rings. The number of hydrogen-bond donors (Lipinski definition) is 1. The van der Waals surface area contributed by atoms with Crippen molar-refractivity contribution in [1.82, 2.24) is 9.97 Å². The molecule has 7 heteroatoms. The number of ketones is 1. The first-order chi connectivity index (χ1) is 14.3. The first-order valence-corrected chi connectivity index (χ1v) is 10.3. The zero-order chi connectivity index (χ0) is 21.6. The number of pyridine rings is 1. The van der Waals surface area contributed by atoms with Gasteiger partial charge >= 0.3 is 0 Å². The van der Waals surface area contributed by atoms with Crippen molar-refractivity contribution >= 4 is 28.7 Å². The minimum atomic E-state index is -0.754. The molecule has 0 spiro atoms. The van der Waals surface area contributed by atoms with Crippen LogP contribution in [0.25, 0.3) is 0 Å². The SMILES string of the molecule is Cc1nc(C)c(C(=O)C2=C(O)C(=O)N(c3cccc(C)c3C)C2c2ccncc2)s1. The van der Waals surface area contributed by atoms with E-state index in [9.17, 15) is 14.7 Å². The number of carbonyl (C=O) groups is 2. The number of nitrogens with zero attached hydrogens (tertiary/aromatic N) is 3. The molecule has 4 rings (SSSR count). The van der Waals surface area contributed by atoms with Gasteiger partial charge in [0, 0.05) is 18.1 Å². The summed E-state index contributed by atoms with van der Waals surface area (Å²) in [5.41, 5.74) is 3.95. The van der Waals surface area contributed by atoms with E-state index in [1.54, 1.807) is 31.5 Å². The Hall–Kier alpha value is -3.32. The molecular weight excluding hydrogens is 398 g/mol. The number of Topliss-reactive ketones (excluding diaryl/α,β-unsaturated/α-hetero) is 1. The van der Waals surface area contributed by atoms with Crippen molar-refractivity contribution in [2.75, 3.05) is 4.90 Å². The smallest absolute Gasteiger partial charge is 0.294 e. The number of aliphatic hydroxyl groups is 1. The van der Waals surface area contributed by atoms with Crippen LogP contribution in [0.2, 0.25) is 0 Å². The molecule has 1 aliphatic heterocycles. The average Bonchev–Trinajstić information content (AvgIpc) is 3.20. The third-order valence-electron chi connectivity index (χ3n) is 5.42. The Kier molecular flexibility index (Phi) is 4.99. The van der Waals surface area contributed by atoms with Gasteiger partial charge in [-0.15, -0.1) is 11.3 Å². The standard InChI is InChI=1S/C23H21N3O3S/c1-12-6-5-7-17(13(12)2)26-19(16-8-10-24-11-9-16)18(21(28)23(26)29)20(27)22-14(3)25-15(4)30-22/h5-11,19,28H,1-4H3. The Morgan fingerprint density at radius 3 is 2.43 bits per heavy atom. The zero-order valence-electron chi connectivity index (χ0n) is 17.1. The molecule has 3 aromatic rings. The highest BCUT2D eigenvalue weighted by atomic mass is 32.1. The van der Waals surface area contributed by atoms with Crippen molar-refractivity contribution in [2.45, 2.75) is 33.7 Å². The Bertz CT molecular complexity index is 1200. The number of thiazole rings is 1. The number of amides is 1. The van der Waals surface area contributed by atoms with Gasteiger partial charge in [0.15, 0.2) is 5.76 Å². The summed E-state index contributed by atoms with van der Waals surface area (Å²) < 4.78 is 0. The molecule has 1 aromatic carbocycles. The molecule has 1 atom stereocenters. The van der Waals surface area contributed by atoms with E-state index < -0.39 is 17.7 Å². The number of rotatable bonds is 4. The third-order valence-corrected chi connectivity index (χ3v) is 6.49. The predicted octanol–water partition coefficient (Wildman–Crippen LogP) is 4.55. The maximum atomic E-state index is 13.5. The van der Waals surface area contributed by atoms with Crippen LogP contribution in [0.4, 0.5) is 5.69 Å². The molecule has 1 unspecified atom stereocenters. The van der Waals surface area contributed by atoms with Crippen LogP contribution in [0.3, 0.4) is 0 Å².